The minimum absolute atomic E-state index is 0.132. The molecule has 1 heterocycles. The maximum Gasteiger partial charge on any atom is 0.287 e. The predicted octanol–water partition coefficient (Wildman–Crippen LogP) is 2.05. The lowest BCUT2D eigenvalue weighted by Crippen LogP contribution is -2.29. The monoisotopic (exact) mass is 236 g/mol. The molecule has 1 aliphatic carbocycles. The highest BCUT2D eigenvalue weighted by Gasteiger charge is 2.41. The molecular weight excluding hydrogens is 216 g/mol. The number of nitrogens with one attached hydrogen (secondary N) is 1. The number of furan rings is 1. The van der Waals surface area contributed by atoms with Crippen LogP contribution < -0.4 is 11.1 Å². The molecule has 0 radical (unpaired) electrons. The Morgan fingerprint density at radius 2 is 2.29 bits per heavy atom. The van der Waals surface area contributed by atoms with E-state index in [1.54, 1.807) is 12.1 Å². The first-order valence-electron chi connectivity index (χ1n) is 6.26. The van der Waals surface area contributed by atoms with E-state index in [9.17, 15) is 4.79 Å². The van der Waals surface area contributed by atoms with Crippen LogP contribution in [-0.4, -0.2) is 12.5 Å². The van der Waals surface area contributed by atoms with Crippen LogP contribution in [0.1, 0.15) is 48.9 Å². The minimum atomic E-state index is -0.132. The van der Waals surface area contributed by atoms with E-state index in [4.69, 9.17) is 10.2 Å². The summed E-state index contributed by atoms with van der Waals surface area (Å²) in [6, 6.07) is 3.42. The molecular formula is C13H20N2O2. The van der Waals surface area contributed by atoms with Gasteiger partial charge in [-0.2, -0.15) is 0 Å². The Morgan fingerprint density at radius 3 is 2.82 bits per heavy atom. The number of carbonyl (C=O) groups excluding carboxylic acids is 1. The average molecular weight is 236 g/mol. The molecule has 94 valence electrons. The zero-order valence-corrected chi connectivity index (χ0v) is 10.3. The molecule has 1 fully saturated rings. The molecule has 1 aromatic rings. The van der Waals surface area contributed by atoms with Gasteiger partial charge in [0.25, 0.3) is 5.91 Å². The van der Waals surface area contributed by atoms with Crippen molar-refractivity contribution in [1.29, 1.82) is 0 Å². The van der Waals surface area contributed by atoms with Gasteiger partial charge in [0.1, 0.15) is 5.76 Å². The van der Waals surface area contributed by atoms with Gasteiger partial charge in [0.05, 0.1) is 6.54 Å². The molecule has 0 aromatic carbocycles. The second-order valence-corrected chi connectivity index (χ2v) is 4.90. The van der Waals surface area contributed by atoms with Gasteiger partial charge in [-0.3, -0.25) is 4.79 Å². The smallest absolute Gasteiger partial charge is 0.287 e. The van der Waals surface area contributed by atoms with E-state index in [1.165, 1.54) is 25.7 Å². The van der Waals surface area contributed by atoms with Crippen LogP contribution >= 0.6 is 0 Å². The van der Waals surface area contributed by atoms with Crippen molar-refractivity contribution in [1.82, 2.24) is 5.32 Å². The minimum Gasteiger partial charge on any atom is -0.455 e. The summed E-state index contributed by atoms with van der Waals surface area (Å²) >= 11 is 0. The van der Waals surface area contributed by atoms with Gasteiger partial charge in [0.15, 0.2) is 5.76 Å². The molecule has 0 atom stereocenters. The van der Waals surface area contributed by atoms with E-state index in [0.717, 1.165) is 6.54 Å². The maximum atomic E-state index is 11.8. The Morgan fingerprint density at radius 1 is 1.53 bits per heavy atom. The molecule has 0 spiro atoms. The van der Waals surface area contributed by atoms with E-state index < -0.39 is 0 Å². The molecule has 1 amide bonds. The van der Waals surface area contributed by atoms with Crippen LogP contribution in [0.25, 0.3) is 0 Å². The summed E-state index contributed by atoms with van der Waals surface area (Å²) in [5.74, 6) is 0.870. The van der Waals surface area contributed by atoms with Crippen LogP contribution in [0.5, 0.6) is 0 Å². The van der Waals surface area contributed by atoms with Crippen molar-refractivity contribution < 1.29 is 9.21 Å². The zero-order valence-electron chi connectivity index (χ0n) is 10.3. The normalized spacial score (nSPS) is 16.8. The topological polar surface area (TPSA) is 68.3 Å². The Labute approximate surface area is 102 Å². The lowest BCUT2D eigenvalue weighted by Gasteiger charge is -2.13. The summed E-state index contributed by atoms with van der Waals surface area (Å²) in [6.45, 7) is 3.27. The van der Waals surface area contributed by atoms with Crippen LogP contribution in [0, 0.1) is 5.41 Å². The lowest BCUT2D eigenvalue weighted by molar-refractivity contribution is 0.0914. The molecule has 0 aliphatic heterocycles. The Bertz CT molecular complexity index is 394. The van der Waals surface area contributed by atoms with Gasteiger partial charge in [-0.15, -0.1) is 0 Å². The van der Waals surface area contributed by atoms with Crippen LogP contribution in [-0.2, 0) is 6.54 Å². The molecule has 4 nitrogen and oxygen atoms in total. The van der Waals surface area contributed by atoms with Crippen LogP contribution in [0.15, 0.2) is 16.5 Å². The number of rotatable bonds is 6. The number of nitrogens with two attached hydrogens (primary N) is 1. The summed E-state index contributed by atoms with van der Waals surface area (Å²) in [7, 11) is 0. The fraction of sp³-hybridized carbons (Fsp3) is 0.615. The van der Waals surface area contributed by atoms with Crippen molar-refractivity contribution in [2.45, 2.75) is 39.2 Å². The lowest BCUT2D eigenvalue weighted by atomic mass is 10.0. The van der Waals surface area contributed by atoms with Gasteiger partial charge >= 0.3 is 0 Å². The van der Waals surface area contributed by atoms with E-state index >= 15 is 0 Å². The van der Waals surface area contributed by atoms with Gasteiger partial charge in [0.2, 0.25) is 0 Å². The fourth-order valence-corrected chi connectivity index (χ4v) is 2.19. The third-order valence-electron chi connectivity index (χ3n) is 3.45. The second kappa shape index (κ2) is 4.92. The Hall–Kier alpha value is -1.29. The summed E-state index contributed by atoms with van der Waals surface area (Å²) in [5.41, 5.74) is 5.80. The van der Waals surface area contributed by atoms with Gasteiger partial charge < -0.3 is 15.5 Å². The SMILES string of the molecule is CCCC1(CNC(=O)c2ccc(CN)o2)CC1. The maximum absolute atomic E-state index is 11.8. The highest BCUT2D eigenvalue weighted by atomic mass is 16.4. The number of hydrogen-bond acceptors (Lipinski definition) is 3. The number of amides is 1. The van der Waals surface area contributed by atoms with Gasteiger partial charge in [-0.05, 0) is 36.8 Å². The highest BCUT2D eigenvalue weighted by Crippen LogP contribution is 2.48. The Balaban J connectivity index is 1.85. The molecule has 1 aromatic heterocycles. The van der Waals surface area contributed by atoms with E-state index in [1.807, 2.05) is 0 Å². The molecule has 4 heteroatoms. The van der Waals surface area contributed by atoms with Crippen LogP contribution in [0.3, 0.4) is 0 Å². The van der Waals surface area contributed by atoms with Crippen molar-refractivity contribution >= 4 is 5.91 Å². The van der Waals surface area contributed by atoms with Gasteiger partial charge in [-0.25, -0.2) is 0 Å². The molecule has 0 bridgehead atoms. The quantitative estimate of drug-likeness (QED) is 0.794. The van der Waals surface area contributed by atoms with Crippen molar-refractivity contribution in [2.24, 2.45) is 11.1 Å². The largest absolute Gasteiger partial charge is 0.455 e. The molecule has 3 N–H and O–H groups in total. The zero-order chi connectivity index (χ0) is 12.3. The third kappa shape index (κ3) is 2.88. The number of carbonyl (C=O) groups is 1. The second-order valence-electron chi connectivity index (χ2n) is 4.90. The van der Waals surface area contributed by atoms with Crippen molar-refractivity contribution in [3.8, 4) is 0 Å². The summed E-state index contributed by atoms with van der Waals surface area (Å²) in [4.78, 5) is 11.8. The predicted molar refractivity (Wildman–Crippen MR) is 65.5 cm³/mol. The summed E-state index contributed by atoms with van der Waals surface area (Å²) in [6.07, 6.45) is 4.83. The summed E-state index contributed by atoms with van der Waals surface area (Å²) in [5, 5.41) is 2.95. The summed E-state index contributed by atoms with van der Waals surface area (Å²) < 4.78 is 5.30. The van der Waals surface area contributed by atoms with E-state index in [2.05, 4.69) is 12.2 Å². The molecule has 2 rings (SSSR count). The van der Waals surface area contributed by atoms with E-state index in [0.29, 0.717) is 23.5 Å². The standard InChI is InChI=1S/C13H20N2O2/c1-2-5-13(6-7-13)9-15-12(16)11-4-3-10(8-14)17-11/h3-4H,2,5-9,14H2,1H3,(H,15,16). The van der Waals surface area contributed by atoms with Crippen molar-refractivity contribution in [2.75, 3.05) is 6.54 Å². The van der Waals surface area contributed by atoms with Gasteiger partial charge in [0, 0.05) is 6.54 Å². The van der Waals surface area contributed by atoms with Crippen LogP contribution in [0.2, 0.25) is 0 Å². The third-order valence-corrected chi connectivity index (χ3v) is 3.45. The molecule has 1 aliphatic rings. The molecule has 17 heavy (non-hydrogen) atoms. The highest BCUT2D eigenvalue weighted by molar-refractivity contribution is 5.91. The first-order chi connectivity index (χ1) is 8.19. The molecule has 0 saturated heterocycles. The fourth-order valence-electron chi connectivity index (χ4n) is 2.19. The molecule has 1 saturated carbocycles. The van der Waals surface area contributed by atoms with Crippen LogP contribution in [0.4, 0.5) is 0 Å². The van der Waals surface area contributed by atoms with E-state index in [-0.39, 0.29) is 5.91 Å². The average Bonchev–Trinajstić information content (AvgIpc) is 2.93. The van der Waals surface area contributed by atoms with Gasteiger partial charge in [-0.1, -0.05) is 13.3 Å². The van der Waals surface area contributed by atoms with Crippen molar-refractivity contribution in [3.05, 3.63) is 23.7 Å². The first-order valence-corrected chi connectivity index (χ1v) is 6.26. The molecule has 0 unspecified atom stereocenters. The Kier molecular flexibility index (Phi) is 3.52. The number of hydrogen-bond donors (Lipinski definition) is 2. The first kappa shape index (κ1) is 12.2. The van der Waals surface area contributed by atoms with Crippen molar-refractivity contribution in [3.63, 3.8) is 0 Å².